The van der Waals surface area contributed by atoms with Crippen LogP contribution in [0, 0.1) is 0 Å². The van der Waals surface area contributed by atoms with E-state index in [1.54, 1.807) is 6.26 Å². The van der Waals surface area contributed by atoms with Gasteiger partial charge in [-0.15, -0.1) is 0 Å². The van der Waals surface area contributed by atoms with Crippen LogP contribution in [-0.2, 0) is 12.8 Å². The molecule has 21 heavy (non-hydrogen) atoms. The van der Waals surface area contributed by atoms with Crippen LogP contribution < -0.4 is 11.5 Å². The van der Waals surface area contributed by atoms with Gasteiger partial charge < -0.3 is 15.9 Å². The maximum atomic E-state index is 6.17. The average Bonchev–Trinajstić information content (AvgIpc) is 3.02. The number of anilines is 2. The third kappa shape index (κ3) is 1.72. The Kier molecular flexibility index (Phi) is 2.51. The number of rotatable bonds is 1. The molecule has 1 aliphatic rings. The van der Waals surface area contributed by atoms with E-state index in [0.29, 0.717) is 11.5 Å². The second-order valence-corrected chi connectivity index (χ2v) is 5.25. The number of hydrogen-bond acceptors (Lipinski definition) is 4. The number of benzene rings is 1. The van der Waals surface area contributed by atoms with Crippen molar-refractivity contribution in [1.29, 1.82) is 0 Å². The van der Waals surface area contributed by atoms with Crippen LogP contribution in [0.4, 0.5) is 11.5 Å². The highest BCUT2D eigenvalue weighted by Crippen LogP contribution is 2.42. The number of nitrogen functional groups attached to an aromatic ring is 2. The summed E-state index contributed by atoms with van der Waals surface area (Å²) in [6, 6.07) is 12.1. The van der Waals surface area contributed by atoms with Gasteiger partial charge in [-0.3, -0.25) is 0 Å². The summed E-state index contributed by atoms with van der Waals surface area (Å²) in [5, 5.41) is 0. The summed E-state index contributed by atoms with van der Waals surface area (Å²) in [7, 11) is 0. The molecular formula is C17H15N3O. The smallest absolute Gasteiger partial charge is 0.148 e. The minimum Gasteiger partial charge on any atom is -0.464 e. The Bertz CT molecular complexity index is 822. The van der Waals surface area contributed by atoms with Gasteiger partial charge in [0.05, 0.1) is 17.6 Å². The quantitative estimate of drug-likeness (QED) is 0.715. The highest BCUT2D eigenvalue weighted by atomic mass is 16.3. The molecule has 0 spiro atoms. The first-order valence-electron chi connectivity index (χ1n) is 6.95. The number of nitrogens with zero attached hydrogens (tertiary/aromatic N) is 1. The molecule has 4 nitrogen and oxygen atoms in total. The molecule has 4 heteroatoms. The zero-order valence-corrected chi connectivity index (χ0v) is 11.5. The van der Waals surface area contributed by atoms with Crippen molar-refractivity contribution in [3.05, 3.63) is 53.8 Å². The third-order valence-corrected chi connectivity index (χ3v) is 4.05. The molecule has 0 amide bonds. The number of aryl methyl sites for hydroxylation is 1. The maximum Gasteiger partial charge on any atom is 0.148 e. The highest BCUT2D eigenvalue weighted by Gasteiger charge is 2.25. The van der Waals surface area contributed by atoms with Crippen LogP contribution in [0.2, 0.25) is 0 Å². The Morgan fingerprint density at radius 2 is 1.86 bits per heavy atom. The minimum atomic E-state index is 0.358. The molecule has 0 aliphatic heterocycles. The molecule has 0 saturated heterocycles. The van der Waals surface area contributed by atoms with Gasteiger partial charge >= 0.3 is 0 Å². The van der Waals surface area contributed by atoms with Crippen molar-refractivity contribution in [3.63, 3.8) is 0 Å². The first kappa shape index (κ1) is 12.0. The fourth-order valence-electron chi connectivity index (χ4n) is 3.05. The SMILES string of the molecule is Nc1nc2c(c(-c3ccco3)c1N)CCc1ccccc1-2. The topological polar surface area (TPSA) is 78.1 Å². The summed E-state index contributed by atoms with van der Waals surface area (Å²) in [5.74, 6) is 1.11. The van der Waals surface area contributed by atoms with Gasteiger partial charge in [-0.1, -0.05) is 24.3 Å². The van der Waals surface area contributed by atoms with Crippen molar-refractivity contribution >= 4 is 11.5 Å². The molecule has 1 aromatic carbocycles. The van der Waals surface area contributed by atoms with Gasteiger partial charge in [0, 0.05) is 11.1 Å². The molecule has 0 bridgehead atoms. The molecule has 0 saturated carbocycles. The number of fused-ring (bicyclic) bond motifs is 3. The van der Waals surface area contributed by atoms with E-state index in [-0.39, 0.29) is 0 Å². The van der Waals surface area contributed by atoms with E-state index < -0.39 is 0 Å². The fourth-order valence-corrected chi connectivity index (χ4v) is 3.05. The van der Waals surface area contributed by atoms with E-state index >= 15 is 0 Å². The third-order valence-electron chi connectivity index (χ3n) is 4.05. The number of hydrogen-bond donors (Lipinski definition) is 2. The second-order valence-electron chi connectivity index (χ2n) is 5.25. The van der Waals surface area contributed by atoms with E-state index in [4.69, 9.17) is 15.9 Å². The van der Waals surface area contributed by atoms with Crippen molar-refractivity contribution in [2.45, 2.75) is 12.8 Å². The Morgan fingerprint density at radius 3 is 2.67 bits per heavy atom. The summed E-state index contributed by atoms with van der Waals surface area (Å²) in [6.07, 6.45) is 3.51. The number of furan rings is 1. The average molecular weight is 277 g/mol. The van der Waals surface area contributed by atoms with Gasteiger partial charge in [0.15, 0.2) is 0 Å². The molecule has 0 unspecified atom stereocenters. The Balaban J connectivity index is 2.06. The second kappa shape index (κ2) is 4.38. The van der Waals surface area contributed by atoms with Crippen LogP contribution in [0.25, 0.3) is 22.6 Å². The first-order valence-corrected chi connectivity index (χ1v) is 6.95. The van der Waals surface area contributed by atoms with E-state index in [9.17, 15) is 0 Å². The lowest BCUT2D eigenvalue weighted by atomic mass is 9.85. The van der Waals surface area contributed by atoms with E-state index in [1.807, 2.05) is 18.2 Å². The maximum absolute atomic E-state index is 6.17. The zero-order valence-electron chi connectivity index (χ0n) is 11.5. The molecule has 2 aromatic heterocycles. The van der Waals surface area contributed by atoms with Gasteiger partial charge in [0.1, 0.15) is 11.6 Å². The summed E-state index contributed by atoms with van der Waals surface area (Å²) in [6.45, 7) is 0. The molecule has 1 aliphatic carbocycles. The van der Waals surface area contributed by atoms with E-state index in [0.717, 1.165) is 41.0 Å². The van der Waals surface area contributed by atoms with Crippen LogP contribution in [0.15, 0.2) is 47.1 Å². The van der Waals surface area contributed by atoms with Crippen molar-refractivity contribution in [2.75, 3.05) is 11.5 Å². The van der Waals surface area contributed by atoms with Crippen LogP contribution in [-0.4, -0.2) is 4.98 Å². The lowest BCUT2D eigenvalue weighted by Gasteiger charge is -2.22. The van der Waals surface area contributed by atoms with Gasteiger partial charge in [-0.25, -0.2) is 4.98 Å². The summed E-state index contributed by atoms with van der Waals surface area (Å²) >= 11 is 0. The molecular weight excluding hydrogens is 262 g/mol. The first-order chi connectivity index (χ1) is 10.3. The lowest BCUT2D eigenvalue weighted by molar-refractivity contribution is 0.581. The van der Waals surface area contributed by atoms with Crippen LogP contribution in [0.1, 0.15) is 11.1 Å². The Hall–Kier alpha value is -2.75. The van der Waals surface area contributed by atoms with Crippen molar-refractivity contribution in [3.8, 4) is 22.6 Å². The molecule has 4 N–H and O–H groups in total. The van der Waals surface area contributed by atoms with Gasteiger partial charge in [0.25, 0.3) is 0 Å². The van der Waals surface area contributed by atoms with Crippen LogP contribution in [0.5, 0.6) is 0 Å². The zero-order chi connectivity index (χ0) is 14.4. The normalized spacial score (nSPS) is 12.8. The Morgan fingerprint density at radius 1 is 1.00 bits per heavy atom. The molecule has 0 radical (unpaired) electrons. The van der Waals surface area contributed by atoms with Crippen molar-refractivity contribution in [1.82, 2.24) is 4.98 Å². The molecule has 104 valence electrons. The predicted octanol–water partition coefficient (Wildman–Crippen LogP) is 3.27. The highest BCUT2D eigenvalue weighted by molar-refractivity contribution is 5.89. The molecule has 0 atom stereocenters. The monoisotopic (exact) mass is 277 g/mol. The van der Waals surface area contributed by atoms with E-state index in [2.05, 4.69) is 23.2 Å². The standard InChI is InChI=1S/C17H15N3O/c18-15-14(13-6-3-9-21-13)12-8-7-10-4-1-2-5-11(10)16(12)20-17(15)19/h1-6,9H,7-8,18H2,(H2,19,20). The van der Waals surface area contributed by atoms with E-state index in [1.165, 1.54) is 5.56 Å². The van der Waals surface area contributed by atoms with Gasteiger partial charge in [-0.2, -0.15) is 0 Å². The Labute approximate surface area is 122 Å². The summed E-state index contributed by atoms with van der Waals surface area (Å²) < 4.78 is 5.55. The molecule has 2 heterocycles. The number of pyridine rings is 1. The fraction of sp³-hybridized carbons (Fsp3) is 0.118. The molecule has 0 fully saturated rings. The van der Waals surface area contributed by atoms with Crippen LogP contribution in [0.3, 0.4) is 0 Å². The molecule has 3 aromatic rings. The number of nitrogens with two attached hydrogens (primary N) is 2. The minimum absolute atomic E-state index is 0.358. The predicted molar refractivity (Wildman–Crippen MR) is 83.6 cm³/mol. The summed E-state index contributed by atoms with van der Waals surface area (Å²) in [4.78, 5) is 4.54. The lowest BCUT2D eigenvalue weighted by Crippen LogP contribution is -2.11. The molecule has 4 rings (SSSR count). The van der Waals surface area contributed by atoms with Crippen molar-refractivity contribution in [2.24, 2.45) is 0 Å². The largest absolute Gasteiger partial charge is 0.464 e. The summed E-state index contributed by atoms with van der Waals surface area (Å²) in [5.41, 5.74) is 18.1. The number of aromatic nitrogens is 1. The van der Waals surface area contributed by atoms with Gasteiger partial charge in [0.2, 0.25) is 0 Å². The van der Waals surface area contributed by atoms with Gasteiger partial charge in [-0.05, 0) is 36.1 Å². The van der Waals surface area contributed by atoms with Crippen LogP contribution >= 0.6 is 0 Å². The van der Waals surface area contributed by atoms with Crippen molar-refractivity contribution < 1.29 is 4.42 Å².